The summed E-state index contributed by atoms with van der Waals surface area (Å²) in [4.78, 5) is 27.2. The SMILES string of the molecule is CC(=O)N(C)CC(=O)N(CCc1ccccc1)c1ccccc1. The molecular weight excluding hydrogens is 288 g/mol. The quantitative estimate of drug-likeness (QED) is 0.823. The Morgan fingerprint density at radius 1 is 0.913 bits per heavy atom. The molecule has 2 aromatic carbocycles. The largest absolute Gasteiger partial charge is 0.337 e. The van der Waals surface area contributed by atoms with Gasteiger partial charge in [-0.05, 0) is 24.1 Å². The lowest BCUT2D eigenvalue weighted by Gasteiger charge is -2.25. The summed E-state index contributed by atoms with van der Waals surface area (Å²) < 4.78 is 0. The highest BCUT2D eigenvalue weighted by Gasteiger charge is 2.18. The molecule has 0 radical (unpaired) electrons. The predicted octanol–water partition coefficient (Wildman–Crippen LogP) is 2.74. The van der Waals surface area contributed by atoms with Crippen molar-refractivity contribution in [2.45, 2.75) is 13.3 Å². The van der Waals surface area contributed by atoms with Gasteiger partial charge in [-0.3, -0.25) is 9.59 Å². The van der Waals surface area contributed by atoms with Crippen molar-refractivity contribution < 1.29 is 9.59 Å². The molecule has 0 unspecified atom stereocenters. The number of benzene rings is 2. The Hall–Kier alpha value is -2.62. The van der Waals surface area contributed by atoms with E-state index in [9.17, 15) is 9.59 Å². The predicted molar refractivity (Wildman–Crippen MR) is 92.3 cm³/mol. The highest BCUT2D eigenvalue weighted by molar-refractivity contribution is 5.96. The van der Waals surface area contributed by atoms with E-state index in [0.717, 1.165) is 12.1 Å². The van der Waals surface area contributed by atoms with Gasteiger partial charge in [0.05, 0.1) is 6.54 Å². The van der Waals surface area contributed by atoms with Crippen LogP contribution in [0.2, 0.25) is 0 Å². The number of carbonyl (C=O) groups excluding carboxylic acids is 2. The Morgan fingerprint density at radius 2 is 1.48 bits per heavy atom. The molecule has 2 rings (SSSR count). The van der Waals surface area contributed by atoms with Crippen LogP contribution in [-0.2, 0) is 16.0 Å². The van der Waals surface area contributed by atoms with Crippen molar-refractivity contribution in [3.05, 3.63) is 66.2 Å². The van der Waals surface area contributed by atoms with Gasteiger partial charge in [0.2, 0.25) is 11.8 Å². The molecule has 0 aliphatic rings. The van der Waals surface area contributed by atoms with Crippen LogP contribution in [0.15, 0.2) is 60.7 Å². The number of hydrogen-bond donors (Lipinski definition) is 0. The number of rotatable bonds is 6. The first-order chi connectivity index (χ1) is 11.1. The van der Waals surface area contributed by atoms with Crippen LogP contribution in [0.1, 0.15) is 12.5 Å². The van der Waals surface area contributed by atoms with E-state index in [2.05, 4.69) is 12.1 Å². The summed E-state index contributed by atoms with van der Waals surface area (Å²) in [5, 5.41) is 0. The summed E-state index contributed by atoms with van der Waals surface area (Å²) in [5.41, 5.74) is 2.03. The molecule has 0 saturated heterocycles. The summed E-state index contributed by atoms with van der Waals surface area (Å²) >= 11 is 0. The van der Waals surface area contributed by atoms with Crippen molar-refractivity contribution >= 4 is 17.5 Å². The third kappa shape index (κ3) is 4.95. The standard InChI is InChI=1S/C19H22N2O2/c1-16(22)20(2)15-19(23)21(18-11-7-4-8-12-18)14-13-17-9-5-3-6-10-17/h3-12H,13-15H2,1-2H3. The number of amides is 2. The fourth-order valence-corrected chi connectivity index (χ4v) is 2.29. The summed E-state index contributed by atoms with van der Waals surface area (Å²) in [6.45, 7) is 2.13. The van der Waals surface area contributed by atoms with Gasteiger partial charge >= 0.3 is 0 Å². The maximum absolute atomic E-state index is 12.6. The van der Waals surface area contributed by atoms with Crippen LogP contribution in [0.3, 0.4) is 0 Å². The third-order valence-corrected chi connectivity index (χ3v) is 3.75. The van der Waals surface area contributed by atoms with E-state index in [1.165, 1.54) is 17.4 Å². The van der Waals surface area contributed by atoms with Gasteiger partial charge < -0.3 is 9.80 Å². The van der Waals surface area contributed by atoms with Gasteiger partial charge in [0.1, 0.15) is 0 Å². The monoisotopic (exact) mass is 310 g/mol. The van der Waals surface area contributed by atoms with Crippen LogP contribution in [-0.4, -0.2) is 36.9 Å². The van der Waals surface area contributed by atoms with Crippen LogP contribution in [0, 0.1) is 0 Å². The van der Waals surface area contributed by atoms with Gasteiger partial charge in [-0.15, -0.1) is 0 Å². The molecule has 2 aromatic rings. The number of hydrogen-bond acceptors (Lipinski definition) is 2. The van der Waals surface area contributed by atoms with Crippen molar-refractivity contribution in [3.63, 3.8) is 0 Å². The molecule has 2 amide bonds. The minimum absolute atomic E-state index is 0.0789. The molecule has 0 N–H and O–H groups in total. The third-order valence-electron chi connectivity index (χ3n) is 3.75. The molecule has 0 saturated carbocycles. The minimum atomic E-state index is -0.116. The van der Waals surface area contributed by atoms with E-state index in [4.69, 9.17) is 0 Å². The fraction of sp³-hybridized carbons (Fsp3) is 0.263. The Bertz CT molecular complexity index is 641. The van der Waals surface area contributed by atoms with Crippen molar-refractivity contribution in [3.8, 4) is 0 Å². The van der Waals surface area contributed by atoms with E-state index in [1.54, 1.807) is 11.9 Å². The van der Waals surface area contributed by atoms with Gasteiger partial charge in [-0.2, -0.15) is 0 Å². The normalized spacial score (nSPS) is 10.2. The second kappa shape index (κ2) is 8.13. The first-order valence-electron chi connectivity index (χ1n) is 7.69. The Kier molecular flexibility index (Phi) is 5.92. The molecule has 23 heavy (non-hydrogen) atoms. The van der Waals surface area contributed by atoms with Gasteiger partial charge in [0, 0.05) is 26.2 Å². The second-order valence-corrected chi connectivity index (χ2v) is 5.49. The number of likely N-dealkylation sites (N-methyl/N-ethyl adjacent to an activating group) is 1. The first-order valence-corrected chi connectivity index (χ1v) is 7.69. The number of carbonyl (C=O) groups is 2. The smallest absolute Gasteiger partial charge is 0.246 e. The van der Waals surface area contributed by atoms with Crippen LogP contribution >= 0.6 is 0 Å². The molecule has 120 valence electrons. The molecule has 0 heterocycles. The number of anilines is 1. The van der Waals surface area contributed by atoms with Gasteiger partial charge in [-0.1, -0.05) is 48.5 Å². The van der Waals surface area contributed by atoms with Gasteiger partial charge in [0.15, 0.2) is 0 Å². The lowest BCUT2D eigenvalue weighted by atomic mass is 10.1. The second-order valence-electron chi connectivity index (χ2n) is 5.49. The highest BCUT2D eigenvalue weighted by atomic mass is 16.2. The number of para-hydroxylation sites is 1. The van der Waals surface area contributed by atoms with Crippen molar-refractivity contribution in [1.82, 2.24) is 4.90 Å². The van der Waals surface area contributed by atoms with Gasteiger partial charge in [-0.25, -0.2) is 0 Å². The molecule has 0 spiro atoms. The van der Waals surface area contributed by atoms with Crippen molar-refractivity contribution in [2.24, 2.45) is 0 Å². The molecule has 0 fully saturated rings. The highest BCUT2D eigenvalue weighted by Crippen LogP contribution is 2.15. The van der Waals surface area contributed by atoms with E-state index < -0.39 is 0 Å². The molecule has 0 aliphatic heterocycles. The summed E-state index contributed by atoms with van der Waals surface area (Å²) in [5.74, 6) is -0.195. The Labute approximate surface area is 137 Å². The first kappa shape index (κ1) is 16.7. The molecule has 0 aliphatic carbocycles. The van der Waals surface area contributed by atoms with Crippen LogP contribution in [0.25, 0.3) is 0 Å². The molecule has 0 aromatic heterocycles. The maximum Gasteiger partial charge on any atom is 0.246 e. The molecule has 0 atom stereocenters. The molecule has 4 nitrogen and oxygen atoms in total. The van der Waals surface area contributed by atoms with E-state index in [0.29, 0.717) is 6.54 Å². The zero-order valence-corrected chi connectivity index (χ0v) is 13.6. The topological polar surface area (TPSA) is 40.6 Å². The lowest BCUT2D eigenvalue weighted by Crippen LogP contribution is -2.41. The Morgan fingerprint density at radius 3 is 2.04 bits per heavy atom. The van der Waals surface area contributed by atoms with Gasteiger partial charge in [0.25, 0.3) is 0 Å². The minimum Gasteiger partial charge on any atom is -0.337 e. The van der Waals surface area contributed by atoms with Crippen LogP contribution in [0.5, 0.6) is 0 Å². The number of nitrogens with zero attached hydrogens (tertiary/aromatic N) is 2. The lowest BCUT2D eigenvalue weighted by molar-refractivity contribution is -0.132. The molecule has 4 heteroatoms. The van der Waals surface area contributed by atoms with Crippen LogP contribution < -0.4 is 4.90 Å². The van der Waals surface area contributed by atoms with E-state index in [1.807, 2.05) is 48.5 Å². The average Bonchev–Trinajstić information content (AvgIpc) is 2.57. The summed E-state index contributed by atoms with van der Waals surface area (Å²) in [6.07, 6.45) is 0.769. The van der Waals surface area contributed by atoms with E-state index >= 15 is 0 Å². The molecule has 0 bridgehead atoms. The maximum atomic E-state index is 12.6. The summed E-state index contributed by atoms with van der Waals surface area (Å²) in [6, 6.07) is 19.6. The van der Waals surface area contributed by atoms with Crippen molar-refractivity contribution in [2.75, 3.05) is 25.0 Å². The zero-order valence-electron chi connectivity index (χ0n) is 13.6. The fourth-order valence-electron chi connectivity index (χ4n) is 2.29. The zero-order chi connectivity index (χ0) is 16.7. The van der Waals surface area contributed by atoms with E-state index in [-0.39, 0.29) is 18.4 Å². The molecular formula is C19H22N2O2. The van der Waals surface area contributed by atoms with Crippen LogP contribution in [0.4, 0.5) is 5.69 Å². The average molecular weight is 310 g/mol. The van der Waals surface area contributed by atoms with Crippen molar-refractivity contribution in [1.29, 1.82) is 0 Å². The Balaban J connectivity index is 2.12. The summed E-state index contributed by atoms with van der Waals surface area (Å²) in [7, 11) is 1.64.